The van der Waals surface area contributed by atoms with Gasteiger partial charge in [0.15, 0.2) is 0 Å². The standard InChI is InChI=1S/C20H25N3O/c1-15-5-3-7-18(13-15)22-20(24)21-11-10-16-8-9-19-17(14-16)6-4-12-23(19)2/h3,5,7-9,13-14H,4,6,10-12H2,1-2H3,(H2,21,22,24). The van der Waals surface area contributed by atoms with Gasteiger partial charge in [0, 0.05) is 31.5 Å². The van der Waals surface area contributed by atoms with Gasteiger partial charge in [-0.3, -0.25) is 0 Å². The van der Waals surface area contributed by atoms with Crippen LogP contribution in [-0.4, -0.2) is 26.2 Å². The molecule has 3 rings (SSSR count). The fourth-order valence-electron chi connectivity index (χ4n) is 3.21. The smallest absolute Gasteiger partial charge is 0.319 e. The molecule has 2 aromatic carbocycles. The van der Waals surface area contributed by atoms with Crippen molar-refractivity contribution in [2.24, 2.45) is 0 Å². The largest absolute Gasteiger partial charge is 0.374 e. The zero-order chi connectivity index (χ0) is 16.9. The van der Waals surface area contributed by atoms with Crippen molar-refractivity contribution < 1.29 is 4.79 Å². The van der Waals surface area contributed by atoms with E-state index in [1.54, 1.807) is 0 Å². The van der Waals surface area contributed by atoms with Gasteiger partial charge in [0.1, 0.15) is 0 Å². The van der Waals surface area contributed by atoms with Crippen LogP contribution in [-0.2, 0) is 12.8 Å². The van der Waals surface area contributed by atoms with Gasteiger partial charge < -0.3 is 15.5 Å². The Morgan fingerprint density at radius 2 is 2.08 bits per heavy atom. The van der Waals surface area contributed by atoms with Crippen LogP contribution in [0.4, 0.5) is 16.2 Å². The van der Waals surface area contributed by atoms with E-state index in [-0.39, 0.29) is 6.03 Å². The van der Waals surface area contributed by atoms with Crippen LogP contribution in [0.25, 0.3) is 0 Å². The Morgan fingerprint density at radius 3 is 2.92 bits per heavy atom. The van der Waals surface area contributed by atoms with Crippen LogP contribution in [0.2, 0.25) is 0 Å². The molecule has 4 heteroatoms. The third kappa shape index (κ3) is 4.07. The molecule has 2 aromatic rings. The third-order valence-electron chi connectivity index (χ3n) is 4.47. The Kier molecular flexibility index (Phi) is 5.04. The summed E-state index contributed by atoms with van der Waals surface area (Å²) in [6, 6.07) is 14.3. The van der Waals surface area contributed by atoms with E-state index in [9.17, 15) is 4.79 Å². The molecular formula is C20H25N3O. The first-order valence-corrected chi connectivity index (χ1v) is 8.56. The molecule has 1 aliphatic heterocycles. The van der Waals surface area contributed by atoms with Crippen LogP contribution >= 0.6 is 0 Å². The lowest BCUT2D eigenvalue weighted by Gasteiger charge is -2.27. The van der Waals surface area contributed by atoms with Crippen LogP contribution in [0, 0.1) is 6.92 Å². The molecule has 0 aromatic heterocycles. The summed E-state index contributed by atoms with van der Waals surface area (Å²) in [4.78, 5) is 14.3. The van der Waals surface area contributed by atoms with Crippen molar-refractivity contribution in [1.29, 1.82) is 0 Å². The number of nitrogens with one attached hydrogen (secondary N) is 2. The lowest BCUT2D eigenvalue weighted by atomic mass is 9.98. The van der Waals surface area contributed by atoms with Gasteiger partial charge in [-0.1, -0.05) is 24.3 Å². The lowest BCUT2D eigenvalue weighted by Crippen LogP contribution is -2.30. The Labute approximate surface area is 143 Å². The summed E-state index contributed by atoms with van der Waals surface area (Å²) in [6.45, 7) is 3.77. The summed E-state index contributed by atoms with van der Waals surface area (Å²) >= 11 is 0. The van der Waals surface area contributed by atoms with Crippen molar-refractivity contribution in [3.63, 3.8) is 0 Å². The first-order valence-electron chi connectivity index (χ1n) is 8.56. The minimum Gasteiger partial charge on any atom is -0.374 e. The van der Waals surface area contributed by atoms with E-state index in [2.05, 4.69) is 40.8 Å². The minimum atomic E-state index is -0.154. The third-order valence-corrected chi connectivity index (χ3v) is 4.47. The van der Waals surface area contributed by atoms with Gasteiger partial charge in [-0.2, -0.15) is 0 Å². The Hall–Kier alpha value is -2.49. The molecule has 0 spiro atoms. The zero-order valence-corrected chi connectivity index (χ0v) is 14.4. The van der Waals surface area contributed by atoms with Crippen molar-refractivity contribution in [2.45, 2.75) is 26.2 Å². The number of hydrogen-bond acceptors (Lipinski definition) is 2. The van der Waals surface area contributed by atoms with Gasteiger partial charge >= 0.3 is 6.03 Å². The number of hydrogen-bond donors (Lipinski definition) is 2. The summed E-state index contributed by atoms with van der Waals surface area (Å²) in [5.41, 5.74) is 6.00. The van der Waals surface area contributed by atoms with Crippen LogP contribution in [0.3, 0.4) is 0 Å². The fourth-order valence-corrected chi connectivity index (χ4v) is 3.21. The average molecular weight is 323 g/mol. The summed E-state index contributed by atoms with van der Waals surface area (Å²) < 4.78 is 0. The highest BCUT2D eigenvalue weighted by Gasteiger charge is 2.13. The highest BCUT2D eigenvalue weighted by atomic mass is 16.2. The maximum atomic E-state index is 12.0. The molecule has 4 nitrogen and oxygen atoms in total. The molecule has 126 valence electrons. The molecule has 0 bridgehead atoms. The summed E-state index contributed by atoms with van der Waals surface area (Å²) in [7, 11) is 2.15. The number of urea groups is 1. The number of anilines is 2. The number of amides is 2. The van der Waals surface area contributed by atoms with Gasteiger partial charge in [-0.25, -0.2) is 4.79 Å². The topological polar surface area (TPSA) is 44.4 Å². The van der Waals surface area contributed by atoms with E-state index in [0.717, 1.165) is 30.6 Å². The number of carbonyl (C=O) groups is 1. The first kappa shape index (κ1) is 16.4. The summed E-state index contributed by atoms with van der Waals surface area (Å²) in [5, 5.41) is 5.80. The van der Waals surface area contributed by atoms with Crippen LogP contribution in [0.5, 0.6) is 0 Å². The molecule has 1 heterocycles. The summed E-state index contributed by atoms with van der Waals surface area (Å²) in [5.74, 6) is 0. The highest BCUT2D eigenvalue weighted by molar-refractivity contribution is 5.89. The SMILES string of the molecule is Cc1cccc(NC(=O)NCCc2ccc3c(c2)CCCN3C)c1. The van der Waals surface area contributed by atoms with Crippen LogP contribution in [0.1, 0.15) is 23.1 Å². The van der Waals surface area contributed by atoms with E-state index in [1.807, 2.05) is 31.2 Å². The quantitative estimate of drug-likeness (QED) is 0.900. The second-order valence-corrected chi connectivity index (χ2v) is 6.49. The van der Waals surface area contributed by atoms with E-state index in [1.165, 1.54) is 23.2 Å². The second-order valence-electron chi connectivity index (χ2n) is 6.49. The number of carbonyl (C=O) groups excluding carboxylic acids is 1. The van der Waals surface area contributed by atoms with Crippen LogP contribution < -0.4 is 15.5 Å². The maximum absolute atomic E-state index is 12.0. The van der Waals surface area contributed by atoms with E-state index in [0.29, 0.717) is 6.54 Å². The Morgan fingerprint density at radius 1 is 1.21 bits per heavy atom. The minimum absolute atomic E-state index is 0.154. The molecular weight excluding hydrogens is 298 g/mol. The van der Waals surface area contributed by atoms with Gasteiger partial charge in [0.05, 0.1) is 0 Å². The molecule has 0 saturated carbocycles. The van der Waals surface area contributed by atoms with Crippen LogP contribution in [0.15, 0.2) is 42.5 Å². The molecule has 0 atom stereocenters. The molecule has 0 unspecified atom stereocenters. The van der Waals surface area contributed by atoms with E-state index >= 15 is 0 Å². The van der Waals surface area contributed by atoms with E-state index in [4.69, 9.17) is 0 Å². The van der Waals surface area contributed by atoms with Gasteiger partial charge in [0.25, 0.3) is 0 Å². The molecule has 2 amide bonds. The molecule has 0 radical (unpaired) electrons. The average Bonchev–Trinajstić information content (AvgIpc) is 2.55. The highest BCUT2D eigenvalue weighted by Crippen LogP contribution is 2.26. The van der Waals surface area contributed by atoms with E-state index < -0.39 is 0 Å². The van der Waals surface area contributed by atoms with Gasteiger partial charge in [-0.15, -0.1) is 0 Å². The van der Waals surface area contributed by atoms with Crippen molar-refractivity contribution >= 4 is 17.4 Å². The number of fused-ring (bicyclic) bond motifs is 1. The molecule has 1 aliphatic rings. The predicted molar refractivity (Wildman–Crippen MR) is 99.9 cm³/mol. The fraction of sp³-hybridized carbons (Fsp3) is 0.350. The second kappa shape index (κ2) is 7.39. The zero-order valence-electron chi connectivity index (χ0n) is 14.4. The summed E-state index contributed by atoms with van der Waals surface area (Å²) in [6.07, 6.45) is 3.21. The van der Waals surface area contributed by atoms with Gasteiger partial charge in [0.2, 0.25) is 0 Å². The van der Waals surface area contributed by atoms with Gasteiger partial charge in [-0.05, 0) is 61.1 Å². The van der Waals surface area contributed by atoms with Crippen molar-refractivity contribution in [3.05, 3.63) is 59.2 Å². The Bertz CT molecular complexity index is 727. The molecule has 2 N–H and O–H groups in total. The molecule has 0 saturated heterocycles. The lowest BCUT2D eigenvalue weighted by molar-refractivity contribution is 0.252. The Balaban J connectivity index is 1.50. The van der Waals surface area contributed by atoms with Crippen molar-refractivity contribution in [3.8, 4) is 0 Å². The predicted octanol–water partition coefficient (Wildman–Crippen LogP) is 3.74. The first-order chi connectivity index (χ1) is 11.6. The number of nitrogens with zero attached hydrogens (tertiary/aromatic N) is 1. The maximum Gasteiger partial charge on any atom is 0.319 e. The molecule has 24 heavy (non-hydrogen) atoms. The van der Waals surface area contributed by atoms with Crippen molar-refractivity contribution in [1.82, 2.24) is 5.32 Å². The van der Waals surface area contributed by atoms with Crippen molar-refractivity contribution in [2.75, 3.05) is 30.4 Å². The molecule has 0 fully saturated rings. The normalized spacial score (nSPS) is 13.3. The monoisotopic (exact) mass is 323 g/mol. The number of rotatable bonds is 4. The molecule has 0 aliphatic carbocycles. The number of aryl methyl sites for hydroxylation is 2. The number of benzene rings is 2.